The van der Waals surface area contributed by atoms with Crippen molar-refractivity contribution >= 4 is 32.4 Å². The standard InChI is InChI=1S/C21H22N4O4S2/c1-13-5-3-7-15(11-13)19(26)22-20-23-24-21(30-20)31(27,28)25-18-8-4-6-14-12-16(29-2)9-10-17(14)18/h3,5,7,9-12,18,25H,4,6,8H2,1-2H3,(H,22,23,26)/t18-/m0/s1. The molecule has 0 unspecified atom stereocenters. The number of sulfonamides is 1. The van der Waals surface area contributed by atoms with Gasteiger partial charge in [-0.25, -0.2) is 13.1 Å². The van der Waals surface area contributed by atoms with Crippen LogP contribution in [0.25, 0.3) is 0 Å². The number of nitrogens with zero attached hydrogens (tertiary/aromatic N) is 2. The molecule has 162 valence electrons. The number of aryl methyl sites for hydroxylation is 2. The van der Waals surface area contributed by atoms with Crippen LogP contribution >= 0.6 is 11.3 Å². The van der Waals surface area contributed by atoms with E-state index in [9.17, 15) is 13.2 Å². The van der Waals surface area contributed by atoms with E-state index in [0.29, 0.717) is 12.0 Å². The molecule has 0 fully saturated rings. The number of carbonyl (C=O) groups is 1. The lowest BCUT2D eigenvalue weighted by molar-refractivity contribution is 0.102. The maximum atomic E-state index is 12.9. The van der Waals surface area contributed by atoms with Crippen LogP contribution in [0.15, 0.2) is 46.8 Å². The van der Waals surface area contributed by atoms with E-state index in [1.54, 1.807) is 25.3 Å². The summed E-state index contributed by atoms with van der Waals surface area (Å²) in [6, 6.07) is 12.4. The smallest absolute Gasteiger partial charge is 0.270 e. The lowest BCUT2D eigenvalue weighted by Gasteiger charge is -2.26. The summed E-state index contributed by atoms with van der Waals surface area (Å²) in [6.07, 6.45) is 2.42. The Kier molecular flexibility index (Phi) is 6.03. The molecule has 1 aliphatic carbocycles. The van der Waals surface area contributed by atoms with E-state index >= 15 is 0 Å². The van der Waals surface area contributed by atoms with Crippen LogP contribution in [0.2, 0.25) is 0 Å². The molecule has 31 heavy (non-hydrogen) atoms. The lowest BCUT2D eigenvalue weighted by atomic mass is 9.88. The Bertz CT molecular complexity index is 1220. The second-order valence-corrected chi connectivity index (χ2v) is 10.2. The molecular formula is C21H22N4O4S2. The second kappa shape index (κ2) is 8.74. The van der Waals surface area contributed by atoms with E-state index in [-0.39, 0.29) is 21.4 Å². The minimum atomic E-state index is -3.89. The van der Waals surface area contributed by atoms with Gasteiger partial charge in [-0.15, -0.1) is 10.2 Å². The molecule has 0 bridgehead atoms. The van der Waals surface area contributed by atoms with Crippen molar-refractivity contribution in [1.82, 2.24) is 14.9 Å². The highest BCUT2D eigenvalue weighted by atomic mass is 32.2. The van der Waals surface area contributed by atoms with Crippen LogP contribution in [0.3, 0.4) is 0 Å². The number of hydrogen-bond donors (Lipinski definition) is 2. The van der Waals surface area contributed by atoms with Gasteiger partial charge in [0.1, 0.15) is 5.75 Å². The number of anilines is 1. The van der Waals surface area contributed by atoms with Crippen LogP contribution in [0, 0.1) is 6.92 Å². The van der Waals surface area contributed by atoms with Crippen LogP contribution in [-0.4, -0.2) is 31.6 Å². The second-order valence-electron chi connectivity index (χ2n) is 7.33. The van der Waals surface area contributed by atoms with Crippen molar-refractivity contribution in [2.75, 3.05) is 12.4 Å². The highest BCUT2D eigenvalue weighted by Gasteiger charge is 2.28. The number of methoxy groups -OCH3 is 1. The van der Waals surface area contributed by atoms with Crippen molar-refractivity contribution < 1.29 is 17.9 Å². The molecule has 8 nitrogen and oxygen atoms in total. The fourth-order valence-electron chi connectivity index (χ4n) is 3.60. The number of benzene rings is 2. The largest absolute Gasteiger partial charge is 0.497 e. The lowest BCUT2D eigenvalue weighted by Crippen LogP contribution is -2.31. The third-order valence-corrected chi connectivity index (χ3v) is 7.78. The van der Waals surface area contributed by atoms with Gasteiger partial charge in [-0.1, -0.05) is 35.1 Å². The zero-order valence-corrected chi connectivity index (χ0v) is 18.7. The maximum Gasteiger partial charge on any atom is 0.270 e. The third-order valence-electron chi connectivity index (χ3n) is 5.10. The van der Waals surface area contributed by atoms with Gasteiger partial charge in [-0.3, -0.25) is 10.1 Å². The molecule has 4 rings (SSSR count). The first kappa shape index (κ1) is 21.4. The van der Waals surface area contributed by atoms with Crippen molar-refractivity contribution in [2.45, 2.75) is 36.6 Å². The van der Waals surface area contributed by atoms with Gasteiger partial charge >= 0.3 is 0 Å². The summed E-state index contributed by atoms with van der Waals surface area (Å²) in [5, 5.41) is 10.4. The van der Waals surface area contributed by atoms with Gasteiger partial charge in [0.05, 0.1) is 7.11 Å². The Labute approximate surface area is 184 Å². The van der Waals surface area contributed by atoms with Gasteiger partial charge in [0.25, 0.3) is 15.9 Å². The molecule has 1 atom stereocenters. The minimum Gasteiger partial charge on any atom is -0.497 e. The molecule has 0 radical (unpaired) electrons. The van der Waals surface area contributed by atoms with E-state index in [0.717, 1.165) is 46.6 Å². The molecule has 1 amide bonds. The zero-order valence-electron chi connectivity index (χ0n) is 17.1. The number of hydrogen-bond acceptors (Lipinski definition) is 7. The summed E-state index contributed by atoms with van der Waals surface area (Å²) in [6.45, 7) is 1.89. The third kappa shape index (κ3) is 4.76. The molecule has 10 heteroatoms. The topological polar surface area (TPSA) is 110 Å². The summed E-state index contributed by atoms with van der Waals surface area (Å²) in [5.74, 6) is 0.382. The first-order valence-corrected chi connectivity index (χ1v) is 12.1. The van der Waals surface area contributed by atoms with Gasteiger partial charge in [-0.05, 0) is 61.6 Å². The Morgan fingerprint density at radius 1 is 1.19 bits per heavy atom. The van der Waals surface area contributed by atoms with E-state index in [4.69, 9.17) is 4.74 Å². The number of carbonyl (C=O) groups excluding carboxylic acids is 1. The van der Waals surface area contributed by atoms with Crippen molar-refractivity contribution in [3.63, 3.8) is 0 Å². The summed E-state index contributed by atoms with van der Waals surface area (Å²) >= 11 is 0.818. The van der Waals surface area contributed by atoms with E-state index in [2.05, 4.69) is 20.2 Å². The van der Waals surface area contributed by atoms with E-state index < -0.39 is 10.0 Å². The molecule has 1 aliphatic rings. The van der Waals surface area contributed by atoms with E-state index in [1.807, 2.05) is 31.2 Å². The van der Waals surface area contributed by atoms with Gasteiger partial charge in [0.15, 0.2) is 0 Å². The van der Waals surface area contributed by atoms with Crippen molar-refractivity contribution in [2.24, 2.45) is 0 Å². The molecule has 0 aliphatic heterocycles. The van der Waals surface area contributed by atoms with Gasteiger partial charge < -0.3 is 4.74 Å². The van der Waals surface area contributed by atoms with Crippen LogP contribution in [0.1, 0.15) is 45.9 Å². The molecule has 0 spiro atoms. The number of rotatable bonds is 6. The van der Waals surface area contributed by atoms with Crippen LogP contribution in [-0.2, 0) is 16.4 Å². The van der Waals surface area contributed by atoms with Gasteiger partial charge in [-0.2, -0.15) is 0 Å². The predicted octanol–water partition coefficient (Wildman–Crippen LogP) is 3.46. The van der Waals surface area contributed by atoms with E-state index in [1.165, 1.54) is 0 Å². The van der Waals surface area contributed by atoms with Crippen molar-refractivity contribution in [1.29, 1.82) is 0 Å². The molecule has 1 heterocycles. The fraction of sp³-hybridized carbons (Fsp3) is 0.286. The molecule has 0 saturated carbocycles. The number of fused-ring (bicyclic) bond motifs is 1. The number of aromatic nitrogens is 2. The predicted molar refractivity (Wildman–Crippen MR) is 118 cm³/mol. The van der Waals surface area contributed by atoms with Gasteiger partial charge in [0.2, 0.25) is 9.47 Å². The number of ether oxygens (including phenoxy) is 1. The molecule has 2 N–H and O–H groups in total. The monoisotopic (exact) mass is 458 g/mol. The SMILES string of the molecule is COc1ccc2c(c1)CCC[C@@H]2NS(=O)(=O)c1nnc(NC(=O)c2cccc(C)c2)s1. The van der Waals surface area contributed by atoms with Crippen molar-refractivity contribution in [3.8, 4) is 5.75 Å². The number of nitrogens with one attached hydrogen (secondary N) is 2. The average Bonchev–Trinajstić information content (AvgIpc) is 3.23. The molecular weight excluding hydrogens is 436 g/mol. The first-order valence-electron chi connectivity index (χ1n) is 9.76. The number of amides is 1. The highest BCUT2D eigenvalue weighted by Crippen LogP contribution is 2.33. The Morgan fingerprint density at radius 3 is 2.81 bits per heavy atom. The van der Waals surface area contributed by atoms with Crippen LogP contribution in [0.4, 0.5) is 5.13 Å². The quantitative estimate of drug-likeness (QED) is 0.548. The van der Waals surface area contributed by atoms with Crippen LogP contribution < -0.4 is 14.8 Å². The zero-order chi connectivity index (χ0) is 22.0. The molecule has 1 aromatic heterocycles. The Balaban J connectivity index is 1.49. The minimum absolute atomic E-state index is 0.126. The van der Waals surface area contributed by atoms with Crippen LogP contribution in [0.5, 0.6) is 5.75 Å². The summed E-state index contributed by atoms with van der Waals surface area (Å²) in [4.78, 5) is 12.4. The van der Waals surface area contributed by atoms with Gasteiger partial charge in [0, 0.05) is 11.6 Å². The summed E-state index contributed by atoms with van der Waals surface area (Å²) in [5.41, 5.74) is 3.42. The highest BCUT2D eigenvalue weighted by molar-refractivity contribution is 7.91. The van der Waals surface area contributed by atoms with Crippen molar-refractivity contribution in [3.05, 3.63) is 64.7 Å². The average molecular weight is 459 g/mol. The maximum absolute atomic E-state index is 12.9. The summed E-state index contributed by atoms with van der Waals surface area (Å²) in [7, 11) is -2.29. The normalized spacial score (nSPS) is 15.9. The first-order chi connectivity index (χ1) is 14.9. The molecule has 0 saturated heterocycles. The molecule has 3 aromatic rings. The Morgan fingerprint density at radius 2 is 2.03 bits per heavy atom. The fourth-order valence-corrected chi connectivity index (χ4v) is 5.76. The molecule has 2 aromatic carbocycles. The summed E-state index contributed by atoms with van der Waals surface area (Å²) < 4.78 is 33.6. The Hall–Kier alpha value is -2.82.